The maximum Gasteiger partial charge on any atom is 0.244 e. The van der Waals surface area contributed by atoms with Crippen LogP contribution >= 0.6 is 34.8 Å². The fraction of sp³-hybridized carbons (Fsp3) is 0.294. The third-order valence-electron chi connectivity index (χ3n) is 4.23. The van der Waals surface area contributed by atoms with Crippen LogP contribution in [0.4, 0.5) is 4.39 Å². The molecular formula is C17H16Cl3FN2O2S. The lowest BCUT2D eigenvalue weighted by Crippen LogP contribution is -2.48. The van der Waals surface area contributed by atoms with Gasteiger partial charge in [-0.15, -0.1) is 0 Å². The fourth-order valence-electron chi connectivity index (χ4n) is 2.84. The van der Waals surface area contributed by atoms with Crippen LogP contribution in [0.5, 0.6) is 0 Å². The summed E-state index contributed by atoms with van der Waals surface area (Å²) in [6, 6.07) is 8.99. The zero-order valence-corrected chi connectivity index (χ0v) is 16.7. The highest BCUT2D eigenvalue weighted by Crippen LogP contribution is 2.28. The molecule has 1 saturated heterocycles. The first-order valence-electron chi connectivity index (χ1n) is 7.89. The van der Waals surface area contributed by atoms with Crippen molar-refractivity contribution in [2.75, 3.05) is 26.2 Å². The maximum atomic E-state index is 13.2. The summed E-state index contributed by atoms with van der Waals surface area (Å²) in [6.07, 6.45) is 0. The molecule has 0 aromatic heterocycles. The van der Waals surface area contributed by atoms with Crippen LogP contribution in [-0.2, 0) is 16.6 Å². The van der Waals surface area contributed by atoms with E-state index in [-0.39, 0.29) is 14.9 Å². The van der Waals surface area contributed by atoms with Gasteiger partial charge in [-0.2, -0.15) is 4.31 Å². The van der Waals surface area contributed by atoms with E-state index in [1.165, 1.54) is 22.5 Å². The summed E-state index contributed by atoms with van der Waals surface area (Å²) in [4.78, 5) is 2.11. The molecule has 0 aliphatic carbocycles. The monoisotopic (exact) mass is 436 g/mol. The summed E-state index contributed by atoms with van der Waals surface area (Å²) in [5, 5.41) is 0.553. The Morgan fingerprint density at radius 1 is 0.923 bits per heavy atom. The van der Waals surface area contributed by atoms with E-state index in [1.54, 1.807) is 18.2 Å². The topological polar surface area (TPSA) is 40.6 Å². The lowest BCUT2D eigenvalue weighted by molar-refractivity contribution is 0.181. The number of nitrogens with zero attached hydrogens (tertiary/aromatic N) is 2. The van der Waals surface area contributed by atoms with Gasteiger partial charge in [-0.25, -0.2) is 12.8 Å². The predicted octanol–water partition coefficient (Wildman–Crippen LogP) is 4.29. The lowest BCUT2D eigenvalue weighted by Gasteiger charge is -2.34. The molecule has 0 saturated carbocycles. The van der Waals surface area contributed by atoms with Crippen LogP contribution in [0.15, 0.2) is 41.3 Å². The molecule has 2 aromatic carbocycles. The summed E-state index contributed by atoms with van der Waals surface area (Å²) in [6.45, 7) is 2.34. The van der Waals surface area contributed by atoms with E-state index in [9.17, 15) is 12.8 Å². The van der Waals surface area contributed by atoms with Gasteiger partial charge in [0.15, 0.2) is 0 Å². The standard InChI is InChI=1S/C17H16Cl3FN2O2S/c18-13-2-3-14(19)17(10-13)26(24,25)23-7-5-22(6-8-23)11-12-1-4-16(21)15(20)9-12/h1-4,9-10H,5-8,11H2. The van der Waals surface area contributed by atoms with Crippen molar-refractivity contribution in [3.63, 3.8) is 0 Å². The molecule has 0 spiro atoms. The number of hydrogen-bond donors (Lipinski definition) is 0. The number of benzene rings is 2. The molecule has 4 nitrogen and oxygen atoms in total. The van der Waals surface area contributed by atoms with Gasteiger partial charge >= 0.3 is 0 Å². The van der Waals surface area contributed by atoms with Crippen molar-refractivity contribution in [1.82, 2.24) is 9.21 Å². The molecule has 0 N–H and O–H groups in total. The second kappa shape index (κ2) is 8.00. The first kappa shape index (κ1) is 19.9. The predicted molar refractivity (Wildman–Crippen MR) is 102 cm³/mol. The van der Waals surface area contributed by atoms with Crippen molar-refractivity contribution < 1.29 is 12.8 Å². The Kier molecular flexibility index (Phi) is 6.11. The third-order valence-corrected chi connectivity index (χ3v) is 7.14. The van der Waals surface area contributed by atoms with Crippen molar-refractivity contribution in [3.05, 3.63) is 62.8 Å². The Morgan fingerprint density at radius 2 is 1.62 bits per heavy atom. The second-order valence-electron chi connectivity index (χ2n) is 6.00. The molecule has 0 atom stereocenters. The van der Waals surface area contributed by atoms with Crippen LogP contribution < -0.4 is 0 Å². The van der Waals surface area contributed by atoms with Gasteiger partial charge in [0.2, 0.25) is 10.0 Å². The van der Waals surface area contributed by atoms with E-state index in [1.807, 2.05) is 0 Å². The molecule has 0 amide bonds. The van der Waals surface area contributed by atoms with Crippen molar-refractivity contribution >= 4 is 44.8 Å². The minimum atomic E-state index is -3.70. The highest BCUT2D eigenvalue weighted by Gasteiger charge is 2.30. The average molecular weight is 438 g/mol. The Labute approximate surface area is 167 Å². The Bertz CT molecular complexity index is 916. The Balaban J connectivity index is 1.67. The zero-order chi connectivity index (χ0) is 18.9. The summed E-state index contributed by atoms with van der Waals surface area (Å²) in [5.41, 5.74) is 0.880. The summed E-state index contributed by atoms with van der Waals surface area (Å²) in [7, 11) is -3.70. The quantitative estimate of drug-likeness (QED) is 0.716. The van der Waals surface area contributed by atoms with Crippen LogP contribution in [0.3, 0.4) is 0 Å². The molecule has 1 aliphatic heterocycles. The van der Waals surface area contributed by atoms with Crippen molar-refractivity contribution in [2.45, 2.75) is 11.4 Å². The highest BCUT2D eigenvalue weighted by molar-refractivity contribution is 7.89. The largest absolute Gasteiger partial charge is 0.296 e. The van der Waals surface area contributed by atoms with Crippen LogP contribution in [-0.4, -0.2) is 43.8 Å². The third kappa shape index (κ3) is 4.32. The highest BCUT2D eigenvalue weighted by atomic mass is 35.5. The van der Waals surface area contributed by atoms with E-state index in [4.69, 9.17) is 34.8 Å². The molecular weight excluding hydrogens is 422 g/mol. The van der Waals surface area contributed by atoms with Crippen LogP contribution in [0, 0.1) is 5.82 Å². The SMILES string of the molecule is O=S(=O)(c1cc(Cl)ccc1Cl)N1CCN(Cc2ccc(F)c(Cl)c2)CC1. The van der Waals surface area contributed by atoms with Gasteiger partial charge in [-0.05, 0) is 35.9 Å². The van der Waals surface area contributed by atoms with E-state index in [0.717, 1.165) is 5.56 Å². The fourth-order valence-corrected chi connectivity index (χ4v) is 5.20. The van der Waals surface area contributed by atoms with Crippen LogP contribution in [0.1, 0.15) is 5.56 Å². The molecule has 140 valence electrons. The van der Waals surface area contributed by atoms with Crippen molar-refractivity contribution in [2.24, 2.45) is 0 Å². The summed E-state index contributed by atoms with van der Waals surface area (Å²) in [5.74, 6) is -0.454. The number of rotatable bonds is 4. The molecule has 0 radical (unpaired) electrons. The van der Waals surface area contributed by atoms with Gasteiger partial charge in [0.25, 0.3) is 0 Å². The molecule has 26 heavy (non-hydrogen) atoms. The molecule has 2 aromatic rings. The van der Waals surface area contributed by atoms with Gasteiger partial charge in [0.1, 0.15) is 10.7 Å². The van der Waals surface area contributed by atoms with E-state index < -0.39 is 15.8 Å². The van der Waals surface area contributed by atoms with E-state index in [0.29, 0.717) is 37.7 Å². The molecule has 0 bridgehead atoms. The first-order chi connectivity index (χ1) is 12.3. The Hall–Kier alpha value is -0.890. The second-order valence-corrected chi connectivity index (χ2v) is 9.16. The smallest absolute Gasteiger partial charge is 0.244 e. The molecule has 1 aliphatic rings. The normalized spacial score (nSPS) is 16.8. The Morgan fingerprint density at radius 3 is 2.27 bits per heavy atom. The zero-order valence-electron chi connectivity index (χ0n) is 13.6. The number of piperazine rings is 1. The molecule has 9 heteroatoms. The number of halogens is 4. The van der Waals surface area contributed by atoms with E-state index >= 15 is 0 Å². The molecule has 0 unspecified atom stereocenters. The van der Waals surface area contributed by atoms with Gasteiger partial charge in [0.05, 0.1) is 10.0 Å². The minimum absolute atomic E-state index is 0.0189. The van der Waals surface area contributed by atoms with Crippen LogP contribution in [0.2, 0.25) is 15.1 Å². The maximum absolute atomic E-state index is 13.2. The van der Waals surface area contributed by atoms with Crippen molar-refractivity contribution in [1.29, 1.82) is 0 Å². The molecule has 1 fully saturated rings. The van der Waals surface area contributed by atoms with Gasteiger partial charge in [-0.1, -0.05) is 40.9 Å². The van der Waals surface area contributed by atoms with Gasteiger partial charge < -0.3 is 0 Å². The van der Waals surface area contributed by atoms with E-state index in [2.05, 4.69) is 4.90 Å². The number of hydrogen-bond acceptors (Lipinski definition) is 3. The summed E-state index contributed by atoms with van der Waals surface area (Å²) < 4.78 is 40.3. The average Bonchev–Trinajstić information content (AvgIpc) is 2.61. The molecule has 3 rings (SSSR count). The van der Waals surface area contributed by atoms with Crippen molar-refractivity contribution in [3.8, 4) is 0 Å². The first-order valence-corrected chi connectivity index (χ1v) is 10.5. The minimum Gasteiger partial charge on any atom is -0.296 e. The summed E-state index contributed by atoms with van der Waals surface area (Å²) >= 11 is 17.8. The lowest BCUT2D eigenvalue weighted by atomic mass is 10.2. The molecule has 1 heterocycles. The number of sulfonamides is 1. The van der Waals surface area contributed by atoms with Crippen LogP contribution in [0.25, 0.3) is 0 Å². The van der Waals surface area contributed by atoms with Gasteiger partial charge in [0, 0.05) is 37.7 Å². The van der Waals surface area contributed by atoms with Gasteiger partial charge in [-0.3, -0.25) is 4.90 Å².